The van der Waals surface area contributed by atoms with Crippen molar-refractivity contribution < 1.29 is 19.2 Å². The fourth-order valence-electron chi connectivity index (χ4n) is 1.99. The van der Waals surface area contributed by atoms with Crippen LogP contribution in [0.1, 0.15) is 33.6 Å². The largest absolute Gasteiger partial charge is 0.486 e. The predicted octanol–water partition coefficient (Wildman–Crippen LogP) is 2.67. The minimum absolute atomic E-state index is 0.164. The van der Waals surface area contributed by atoms with E-state index in [0.717, 1.165) is 19.0 Å². The summed E-state index contributed by atoms with van der Waals surface area (Å²) < 4.78 is 10.8. The van der Waals surface area contributed by atoms with Crippen LogP contribution in [0.25, 0.3) is 0 Å². The van der Waals surface area contributed by atoms with Crippen LogP contribution in [0.15, 0.2) is 18.5 Å². The van der Waals surface area contributed by atoms with Crippen molar-refractivity contribution in [2.24, 2.45) is 5.41 Å². The minimum Gasteiger partial charge on any atom is -0.486 e. The first kappa shape index (κ1) is 17.0. The molecule has 23 heavy (non-hydrogen) atoms. The van der Waals surface area contributed by atoms with Crippen LogP contribution in [0.5, 0.6) is 5.75 Å². The molecular weight excluding hydrogens is 302 g/mol. The molecule has 0 radical (unpaired) electrons. The van der Waals surface area contributed by atoms with Crippen LogP contribution >= 0.6 is 0 Å². The molecule has 1 fully saturated rings. The summed E-state index contributed by atoms with van der Waals surface area (Å²) in [5.41, 5.74) is -0.897. The monoisotopic (exact) mass is 323 g/mol. The summed E-state index contributed by atoms with van der Waals surface area (Å²) in [5, 5.41) is 13.7. The molecule has 0 atom stereocenters. The lowest BCUT2D eigenvalue weighted by Gasteiger charge is -2.21. The highest BCUT2D eigenvalue weighted by Gasteiger charge is 2.44. The number of nitro groups is 1. The van der Waals surface area contributed by atoms with Crippen molar-refractivity contribution in [3.8, 4) is 5.75 Å². The summed E-state index contributed by atoms with van der Waals surface area (Å²) in [7, 11) is 0. The van der Waals surface area contributed by atoms with Gasteiger partial charge >= 0.3 is 11.8 Å². The number of carbonyl (C=O) groups excluding carboxylic acids is 1. The van der Waals surface area contributed by atoms with Crippen molar-refractivity contribution in [3.05, 3.63) is 28.6 Å². The number of carbonyl (C=O) groups is 1. The van der Waals surface area contributed by atoms with Gasteiger partial charge in [0.1, 0.15) is 11.8 Å². The highest BCUT2D eigenvalue weighted by atomic mass is 16.6. The first-order valence-electron chi connectivity index (χ1n) is 7.39. The lowest BCUT2D eigenvalue weighted by Crippen LogP contribution is -2.37. The van der Waals surface area contributed by atoms with Crippen molar-refractivity contribution >= 4 is 11.8 Å². The smallest absolute Gasteiger partial charge is 0.407 e. The number of amides is 1. The predicted molar refractivity (Wildman–Crippen MR) is 82.3 cm³/mol. The van der Waals surface area contributed by atoms with E-state index in [1.165, 1.54) is 12.3 Å². The van der Waals surface area contributed by atoms with Crippen molar-refractivity contribution in [1.82, 2.24) is 10.3 Å². The van der Waals surface area contributed by atoms with Crippen molar-refractivity contribution in [2.75, 3.05) is 13.2 Å². The molecule has 1 heterocycles. The SMILES string of the molecule is CC(C)(C)OC(=O)NCC1(COc2ccncc2[N+](=O)[O-])CC1. The van der Waals surface area contributed by atoms with Gasteiger partial charge in [0, 0.05) is 24.2 Å². The second-order valence-electron chi connectivity index (χ2n) is 6.74. The second-order valence-corrected chi connectivity index (χ2v) is 6.74. The fourth-order valence-corrected chi connectivity index (χ4v) is 1.99. The first-order valence-corrected chi connectivity index (χ1v) is 7.39. The van der Waals surface area contributed by atoms with E-state index < -0.39 is 16.6 Å². The molecule has 1 aromatic heterocycles. The lowest BCUT2D eigenvalue weighted by molar-refractivity contribution is -0.386. The highest BCUT2D eigenvalue weighted by Crippen LogP contribution is 2.45. The molecular formula is C15H21N3O5. The zero-order valence-electron chi connectivity index (χ0n) is 13.5. The number of ether oxygens (including phenoxy) is 2. The van der Waals surface area contributed by atoms with Crippen LogP contribution in [-0.4, -0.2) is 34.8 Å². The molecule has 1 saturated carbocycles. The van der Waals surface area contributed by atoms with Gasteiger partial charge in [0.2, 0.25) is 0 Å². The summed E-state index contributed by atoms with van der Waals surface area (Å²) >= 11 is 0. The molecule has 2 rings (SSSR count). The normalized spacial score (nSPS) is 15.6. The Hall–Kier alpha value is -2.38. The summed E-state index contributed by atoms with van der Waals surface area (Å²) in [6, 6.07) is 1.47. The minimum atomic E-state index is -0.547. The van der Waals surface area contributed by atoms with Crippen molar-refractivity contribution in [1.29, 1.82) is 0 Å². The molecule has 0 aromatic carbocycles. The van der Waals surface area contributed by atoms with Crippen LogP contribution in [0.3, 0.4) is 0 Å². The van der Waals surface area contributed by atoms with Gasteiger partial charge in [0.15, 0.2) is 5.75 Å². The van der Waals surface area contributed by atoms with Crippen LogP contribution in [0, 0.1) is 15.5 Å². The topological polar surface area (TPSA) is 104 Å². The van der Waals surface area contributed by atoms with E-state index in [1.807, 2.05) is 0 Å². The second kappa shape index (κ2) is 6.39. The number of rotatable bonds is 6. The summed E-state index contributed by atoms with van der Waals surface area (Å²) in [5.74, 6) is 0.188. The van der Waals surface area contributed by atoms with Crippen LogP contribution in [0.4, 0.5) is 10.5 Å². The van der Waals surface area contributed by atoms with E-state index in [9.17, 15) is 14.9 Å². The van der Waals surface area contributed by atoms with Gasteiger partial charge in [-0.3, -0.25) is 15.1 Å². The van der Waals surface area contributed by atoms with E-state index >= 15 is 0 Å². The number of aromatic nitrogens is 1. The Morgan fingerprint density at radius 1 is 1.48 bits per heavy atom. The van der Waals surface area contributed by atoms with Gasteiger partial charge in [-0.25, -0.2) is 4.79 Å². The van der Waals surface area contributed by atoms with E-state index in [-0.39, 0.29) is 16.9 Å². The number of nitrogens with zero attached hydrogens (tertiary/aromatic N) is 2. The van der Waals surface area contributed by atoms with Crippen LogP contribution < -0.4 is 10.1 Å². The molecule has 0 bridgehead atoms. The first-order chi connectivity index (χ1) is 10.7. The van der Waals surface area contributed by atoms with E-state index in [0.29, 0.717) is 13.2 Å². The average Bonchev–Trinajstić information content (AvgIpc) is 3.22. The molecule has 1 aliphatic rings. The standard InChI is InChI=1S/C15H21N3O5/c1-14(2,3)23-13(19)17-9-15(5-6-15)10-22-12-4-7-16-8-11(12)18(20)21/h4,7-8H,5-6,9-10H2,1-3H3,(H,17,19). The molecule has 1 amide bonds. The number of nitrogens with one attached hydrogen (secondary N) is 1. The van der Waals surface area contributed by atoms with Crippen molar-refractivity contribution in [3.63, 3.8) is 0 Å². The highest BCUT2D eigenvalue weighted by molar-refractivity contribution is 5.67. The van der Waals surface area contributed by atoms with Gasteiger partial charge in [-0.2, -0.15) is 0 Å². The Balaban J connectivity index is 1.86. The Morgan fingerprint density at radius 2 is 2.17 bits per heavy atom. The van der Waals surface area contributed by atoms with Crippen LogP contribution in [0.2, 0.25) is 0 Å². The molecule has 8 nitrogen and oxygen atoms in total. The molecule has 1 aromatic rings. The molecule has 0 spiro atoms. The Kier molecular flexibility index (Phi) is 4.72. The average molecular weight is 323 g/mol. The zero-order valence-corrected chi connectivity index (χ0v) is 13.5. The molecule has 1 aliphatic carbocycles. The summed E-state index contributed by atoms with van der Waals surface area (Å²) in [4.78, 5) is 25.8. The van der Waals surface area contributed by atoms with Gasteiger partial charge in [-0.15, -0.1) is 0 Å². The Morgan fingerprint density at radius 3 is 2.74 bits per heavy atom. The number of pyridine rings is 1. The molecule has 0 saturated heterocycles. The molecule has 1 N–H and O–H groups in total. The third kappa shape index (κ3) is 5.08. The van der Waals surface area contributed by atoms with E-state index in [4.69, 9.17) is 9.47 Å². The van der Waals surface area contributed by atoms with E-state index in [2.05, 4.69) is 10.3 Å². The maximum absolute atomic E-state index is 11.7. The molecule has 8 heteroatoms. The number of hydrogen-bond acceptors (Lipinski definition) is 6. The van der Waals surface area contributed by atoms with Gasteiger partial charge < -0.3 is 14.8 Å². The Bertz CT molecular complexity index is 593. The van der Waals surface area contributed by atoms with E-state index in [1.54, 1.807) is 20.8 Å². The fraction of sp³-hybridized carbons (Fsp3) is 0.600. The Labute approximate surface area is 134 Å². The van der Waals surface area contributed by atoms with Gasteiger partial charge in [-0.1, -0.05) is 0 Å². The number of hydrogen-bond donors (Lipinski definition) is 1. The van der Waals surface area contributed by atoms with Gasteiger partial charge in [-0.05, 0) is 33.6 Å². The third-order valence-corrected chi connectivity index (χ3v) is 3.46. The molecule has 0 aliphatic heterocycles. The maximum atomic E-state index is 11.7. The summed E-state index contributed by atoms with van der Waals surface area (Å²) in [6.45, 7) is 6.11. The molecule has 126 valence electrons. The van der Waals surface area contributed by atoms with Crippen LogP contribution in [-0.2, 0) is 4.74 Å². The maximum Gasteiger partial charge on any atom is 0.407 e. The van der Waals surface area contributed by atoms with Gasteiger partial charge in [0.25, 0.3) is 0 Å². The quantitative estimate of drug-likeness (QED) is 0.637. The zero-order chi connectivity index (χ0) is 17.1. The number of alkyl carbamates (subject to hydrolysis) is 1. The van der Waals surface area contributed by atoms with Crippen molar-refractivity contribution in [2.45, 2.75) is 39.2 Å². The van der Waals surface area contributed by atoms with Gasteiger partial charge in [0.05, 0.1) is 11.5 Å². The third-order valence-electron chi connectivity index (χ3n) is 3.46. The molecule has 0 unspecified atom stereocenters. The lowest BCUT2D eigenvalue weighted by atomic mass is 10.1. The summed E-state index contributed by atoms with van der Waals surface area (Å²) in [6.07, 6.45) is 3.91.